The molecule has 0 aromatic rings. The molecule has 0 spiro atoms. The van der Waals surface area contributed by atoms with Crippen LogP contribution in [0.4, 0.5) is 0 Å². The molecule has 2 atom stereocenters. The second kappa shape index (κ2) is 7.37. The van der Waals surface area contributed by atoms with E-state index >= 15 is 0 Å². The van der Waals surface area contributed by atoms with Crippen LogP contribution in [0.2, 0.25) is 0 Å². The third-order valence-corrected chi connectivity index (χ3v) is 3.24. The molecule has 0 heterocycles. The van der Waals surface area contributed by atoms with Crippen LogP contribution in [0.1, 0.15) is 39.5 Å². The van der Waals surface area contributed by atoms with E-state index in [2.05, 4.69) is 19.6 Å². The summed E-state index contributed by atoms with van der Waals surface area (Å²) in [4.78, 5) is 10.7. The van der Waals surface area contributed by atoms with Crippen molar-refractivity contribution in [3.63, 3.8) is 0 Å². The van der Waals surface area contributed by atoms with Gasteiger partial charge in [0.15, 0.2) is 0 Å². The summed E-state index contributed by atoms with van der Waals surface area (Å²) in [5, 5.41) is 8.77. The standard InChI is InChI=1S/C9H19NO2S.ClH/c1-3-5-6-9(13,4-2)7(10)8(11)12;/h7,13H,3-6,10H2,1-2H3,(H,11,12);1H. The smallest absolute Gasteiger partial charge is 0.321 e. The summed E-state index contributed by atoms with van der Waals surface area (Å²) in [6, 6.07) is -0.868. The van der Waals surface area contributed by atoms with E-state index in [1.54, 1.807) is 0 Å². The van der Waals surface area contributed by atoms with Gasteiger partial charge in [0.05, 0.1) is 0 Å². The molecular formula is C9H20ClNO2S. The zero-order chi connectivity index (χ0) is 10.5. The fourth-order valence-corrected chi connectivity index (χ4v) is 1.53. The van der Waals surface area contributed by atoms with E-state index in [4.69, 9.17) is 10.8 Å². The number of rotatable bonds is 6. The molecular weight excluding hydrogens is 222 g/mol. The van der Waals surface area contributed by atoms with Crippen molar-refractivity contribution < 1.29 is 9.90 Å². The molecule has 0 rings (SSSR count). The van der Waals surface area contributed by atoms with Gasteiger partial charge in [-0.1, -0.05) is 26.7 Å². The fraction of sp³-hybridized carbons (Fsp3) is 0.889. The normalized spacial score (nSPS) is 16.6. The first-order valence-electron chi connectivity index (χ1n) is 4.68. The third-order valence-electron chi connectivity index (χ3n) is 2.42. The lowest BCUT2D eigenvalue weighted by molar-refractivity contribution is -0.139. The number of carboxylic acid groups (broad SMARTS) is 1. The number of hydrogen-bond acceptors (Lipinski definition) is 3. The van der Waals surface area contributed by atoms with Crippen molar-refractivity contribution in [2.24, 2.45) is 5.73 Å². The number of carbonyl (C=O) groups is 1. The number of carboxylic acids is 1. The van der Waals surface area contributed by atoms with E-state index in [0.29, 0.717) is 6.42 Å². The number of unbranched alkanes of at least 4 members (excludes halogenated alkanes) is 1. The van der Waals surface area contributed by atoms with Gasteiger partial charge in [0.25, 0.3) is 0 Å². The lowest BCUT2D eigenvalue weighted by atomic mass is 9.91. The third kappa shape index (κ3) is 4.53. The minimum absolute atomic E-state index is 0. The van der Waals surface area contributed by atoms with Crippen LogP contribution in [0.3, 0.4) is 0 Å². The van der Waals surface area contributed by atoms with E-state index in [1.165, 1.54) is 0 Å². The Labute approximate surface area is 97.3 Å². The first-order chi connectivity index (χ1) is 5.98. The highest BCUT2D eigenvalue weighted by atomic mass is 35.5. The monoisotopic (exact) mass is 241 g/mol. The minimum atomic E-state index is -0.965. The Bertz CT molecular complexity index is 180. The molecule has 0 amide bonds. The molecule has 2 unspecified atom stereocenters. The zero-order valence-corrected chi connectivity index (χ0v) is 10.4. The highest BCUT2D eigenvalue weighted by molar-refractivity contribution is 7.82. The summed E-state index contributed by atoms with van der Waals surface area (Å²) in [5.74, 6) is -0.965. The van der Waals surface area contributed by atoms with Crippen LogP contribution in [0, 0.1) is 0 Å². The molecule has 0 fully saturated rings. The highest BCUT2D eigenvalue weighted by Gasteiger charge is 2.35. The van der Waals surface area contributed by atoms with Gasteiger partial charge >= 0.3 is 5.97 Å². The van der Waals surface area contributed by atoms with Crippen LogP contribution in [0.25, 0.3) is 0 Å². The summed E-state index contributed by atoms with van der Waals surface area (Å²) < 4.78 is -0.554. The summed E-state index contributed by atoms with van der Waals surface area (Å²) in [5.41, 5.74) is 5.57. The topological polar surface area (TPSA) is 63.3 Å². The average Bonchev–Trinajstić information content (AvgIpc) is 2.12. The molecule has 0 saturated carbocycles. The van der Waals surface area contributed by atoms with Crippen molar-refractivity contribution in [1.82, 2.24) is 0 Å². The molecule has 0 aromatic heterocycles. The molecule has 5 heteroatoms. The van der Waals surface area contributed by atoms with E-state index in [0.717, 1.165) is 19.3 Å². The van der Waals surface area contributed by atoms with Crippen LogP contribution >= 0.6 is 25.0 Å². The van der Waals surface area contributed by atoms with E-state index in [-0.39, 0.29) is 12.4 Å². The van der Waals surface area contributed by atoms with Gasteiger partial charge in [0.2, 0.25) is 0 Å². The Morgan fingerprint density at radius 3 is 2.36 bits per heavy atom. The minimum Gasteiger partial charge on any atom is -0.480 e. The van der Waals surface area contributed by atoms with Gasteiger partial charge in [-0.2, -0.15) is 12.6 Å². The maximum Gasteiger partial charge on any atom is 0.321 e. The average molecular weight is 242 g/mol. The van der Waals surface area contributed by atoms with Gasteiger partial charge in [-0.25, -0.2) is 0 Å². The molecule has 3 N–H and O–H groups in total. The predicted octanol–water partition coefficient (Wildman–Crippen LogP) is 2.09. The van der Waals surface area contributed by atoms with E-state index in [9.17, 15) is 4.79 Å². The van der Waals surface area contributed by atoms with Crippen LogP contribution in [-0.2, 0) is 4.79 Å². The Kier molecular flexibility index (Phi) is 8.69. The Morgan fingerprint density at radius 1 is 1.57 bits per heavy atom. The molecule has 0 bridgehead atoms. The van der Waals surface area contributed by atoms with Crippen LogP contribution < -0.4 is 5.73 Å². The molecule has 14 heavy (non-hydrogen) atoms. The summed E-state index contributed by atoms with van der Waals surface area (Å²) in [6.07, 6.45) is 3.45. The van der Waals surface area contributed by atoms with Gasteiger partial charge in [-0.05, 0) is 12.8 Å². The molecule has 0 radical (unpaired) electrons. The highest BCUT2D eigenvalue weighted by Crippen LogP contribution is 2.29. The molecule has 0 aliphatic heterocycles. The lowest BCUT2D eigenvalue weighted by Crippen LogP contribution is -2.48. The first kappa shape index (κ1) is 16.5. The van der Waals surface area contributed by atoms with Crippen molar-refractivity contribution in [3.8, 4) is 0 Å². The Hall–Kier alpha value is 0.0700. The summed E-state index contributed by atoms with van der Waals surface area (Å²) in [6.45, 7) is 3.99. The number of aliphatic carboxylic acids is 1. The molecule has 0 saturated heterocycles. The van der Waals surface area contributed by atoms with Gasteiger partial charge in [-0.15, -0.1) is 12.4 Å². The van der Waals surface area contributed by atoms with Crippen molar-refractivity contribution >= 4 is 31.0 Å². The number of hydrogen-bond donors (Lipinski definition) is 3. The predicted molar refractivity (Wildman–Crippen MR) is 64.4 cm³/mol. The van der Waals surface area contributed by atoms with Crippen LogP contribution in [0.15, 0.2) is 0 Å². The molecule has 3 nitrogen and oxygen atoms in total. The number of thiol groups is 1. The van der Waals surface area contributed by atoms with Crippen molar-refractivity contribution in [2.45, 2.75) is 50.3 Å². The Balaban J connectivity index is 0. The molecule has 86 valence electrons. The van der Waals surface area contributed by atoms with Crippen molar-refractivity contribution in [3.05, 3.63) is 0 Å². The van der Waals surface area contributed by atoms with E-state index in [1.807, 2.05) is 6.92 Å². The van der Waals surface area contributed by atoms with Crippen LogP contribution in [0.5, 0.6) is 0 Å². The maximum atomic E-state index is 10.7. The number of halogens is 1. The molecule has 0 aromatic carbocycles. The van der Waals surface area contributed by atoms with E-state index < -0.39 is 16.8 Å². The van der Waals surface area contributed by atoms with Gasteiger partial charge in [0.1, 0.15) is 6.04 Å². The fourth-order valence-electron chi connectivity index (χ4n) is 1.26. The SMILES string of the molecule is CCCCC(S)(CC)C(N)C(=O)O.Cl. The zero-order valence-electron chi connectivity index (χ0n) is 8.69. The van der Waals surface area contributed by atoms with Crippen molar-refractivity contribution in [2.75, 3.05) is 0 Å². The maximum absolute atomic E-state index is 10.7. The second-order valence-corrected chi connectivity index (χ2v) is 4.27. The summed E-state index contributed by atoms with van der Waals surface area (Å²) >= 11 is 4.38. The second-order valence-electron chi connectivity index (χ2n) is 3.38. The Morgan fingerprint density at radius 2 is 2.07 bits per heavy atom. The lowest BCUT2D eigenvalue weighted by Gasteiger charge is -2.30. The summed E-state index contributed by atoms with van der Waals surface area (Å²) in [7, 11) is 0. The first-order valence-corrected chi connectivity index (χ1v) is 5.13. The number of nitrogens with two attached hydrogens (primary N) is 1. The van der Waals surface area contributed by atoms with Gasteiger partial charge < -0.3 is 10.8 Å². The molecule has 0 aliphatic carbocycles. The van der Waals surface area contributed by atoms with Crippen LogP contribution in [-0.4, -0.2) is 21.9 Å². The van der Waals surface area contributed by atoms with Gasteiger partial charge in [0, 0.05) is 4.75 Å². The molecule has 0 aliphatic rings. The van der Waals surface area contributed by atoms with Crippen molar-refractivity contribution in [1.29, 1.82) is 0 Å². The quantitative estimate of drug-likeness (QED) is 0.624. The largest absolute Gasteiger partial charge is 0.480 e. The van der Waals surface area contributed by atoms with Gasteiger partial charge in [-0.3, -0.25) is 4.79 Å².